The van der Waals surface area contributed by atoms with Crippen LogP contribution in [0, 0.1) is 34.5 Å². The zero-order chi connectivity index (χ0) is 34.0. The summed E-state index contributed by atoms with van der Waals surface area (Å²) in [5, 5.41) is 8.40. The number of rotatable bonds is 11. The van der Waals surface area contributed by atoms with Gasteiger partial charge in [0.1, 0.15) is 17.6 Å². The Morgan fingerprint density at radius 2 is 1.57 bits per heavy atom. The van der Waals surface area contributed by atoms with Gasteiger partial charge in [0, 0.05) is 12.5 Å². The Bertz CT molecular complexity index is 1530. The van der Waals surface area contributed by atoms with E-state index in [0.29, 0.717) is 6.54 Å². The second kappa shape index (κ2) is 11.6. The van der Waals surface area contributed by atoms with Crippen molar-refractivity contribution in [2.45, 2.75) is 103 Å². The summed E-state index contributed by atoms with van der Waals surface area (Å²) in [5.74, 6) is -2.06. The lowest BCUT2D eigenvalue weighted by Crippen LogP contribution is -2.62. The Hall–Kier alpha value is -3.48. The van der Waals surface area contributed by atoms with Crippen LogP contribution in [0.5, 0.6) is 0 Å². The normalized spacial score (nSPS) is 25.5. The molecule has 0 bridgehead atoms. The number of carbonyl (C=O) groups is 5. The Kier molecular flexibility index (Phi) is 8.57. The molecule has 0 aromatic heterocycles. The third-order valence-corrected chi connectivity index (χ3v) is 11.6. The van der Waals surface area contributed by atoms with Crippen LogP contribution >= 0.6 is 0 Å². The molecule has 4 aliphatic rings. The van der Waals surface area contributed by atoms with Gasteiger partial charge in [-0.05, 0) is 66.4 Å². The van der Waals surface area contributed by atoms with Crippen LogP contribution in [0.4, 0.5) is 4.79 Å². The van der Waals surface area contributed by atoms with Crippen molar-refractivity contribution in [3.63, 3.8) is 0 Å². The molecule has 1 unspecified atom stereocenters. The summed E-state index contributed by atoms with van der Waals surface area (Å²) in [6.07, 6.45) is 2.15. The molecule has 1 aromatic rings. The molecule has 5 atom stereocenters. The molecule has 0 radical (unpaired) electrons. The first-order valence-corrected chi connectivity index (χ1v) is 17.6. The van der Waals surface area contributed by atoms with E-state index in [1.807, 2.05) is 48.5 Å². The zero-order valence-corrected chi connectivity index (χ0v) is 28.5. The monoisotopic (exact) mass is 657 g/mol. The molecule has 1 saturated heterocycles. The third-order valence-electron chi connectivity index (χ3n) is 10.2. The van der Waals surface area contributed by atoms with Gasteiger partial charge in [0.25, 0.3) is 15.9 Å². The highest BCUT2D eigenvalue weighted by atomic mass is 32.2. The van der Waals surface area contributed by atoms with Gasteiger partial charge in [0.05, 0.1) is 10.9 Å². The summed E-state index contributed by atoms with van der Waals surface area (Å²) in [4.78, 5) is 68.9. The van der Waals surface area contributed by atoms with Crippen LogP contribution in [0.1, 0.15) is 74.1 Å². The van der Waals surface area contributed by atoms with E-state index in [-0.39, 0.29) is 52.6 Å². The Labute approximate surface area is 271 Å². The van der Waals surface area contributed by atoms with Crippen LogP contribution < -0.4 is 20.7 Å². The van der Waals surface area contributed by atoms with Crippen molar-refractivity contribution in [2.75, 3.05) is 6.54 Å². The van der Waals surface area contributed by atoms with Gasteiger partial charge in [0.15, 0.2) is 5.78 Å². The predicted octanol–water partition coefficient (Wildman–Crippen LogP) is 2.34. The van der Waals surface area contributed by atoms with E-state index in [2.05, 4.69) is 20.7 Å². The predicted molar refractivity (Wildman–Crippen MR) is 169 cm³/mol. The molecule has 4 N–H and O–H groups in total. The van der Waals surface area contributed by atoms with E-state index in [4.69, 9.17) is 0 Å². The van der Waals surface area contributed by atoms with Crippen LogP contribution in [-0.2, 0) is 29.2 Å². The van der Waals surface area contributed by atoms with Gasteiger partial charge >= 0.3 is 6.03 Å². The fourth-order valence-electron chi connectivity index (χ4n) is 6.85. The Balaban J connectivity index is 1.31. The summed E-state index contributed by atoms with van der Waals surface area (Å²) >= 11 is 0. The van der Waals surface area contributed by atoms with Gasteiger partial charge in [-0.15, -0.1) is 0 Å². The minimum Gasteiger partial charge on any atom is -0.340 e. The Morgan fingerprint density at radius 1 is 0.957 bits per heavy atom. The first kappa shape index (κ1) is 33.9. The number of fused-ring (bicyclic) bond motifs is 1. The Morgan fingerprint density at radius 3 is 2.09 bits per heavy atom. The first-order valence-electron chi connectivity index (χ1n) is 16.2. The number of sulfonamides is 1. The molecular weight excluding hydrogens is 610 g/mol. The van der Waals surface area contributed by atoms with Gasteiger partial charge in [-0.3, -0.25) is 19.2 Å². The molecule has 1 aromatic carbocycles. The fourth-order valence-corrected chi connectivity index (χ4v) is 7.92. The minimum atomic E-state index is -4.15. The van der Waals surface area contributed by atoms with Gasteiger partial charge in [-0.2, -0.15) is 0 Å². The van der Waals surface area contributed by atoms with Crippen LogP contribution in [-0.4, -0.2) is 73.1 Å². The van der Waals surface area contributed by atoms with Crippen molar-refractivity contribution in [3.8, 4) is 0 Å². The number of Topliss-reactive ketones (excluding diaryl/α,β-unsaturated/α-hetero) is 1. The van der Waals surface area contributed by atoms with Gasteiger partial charge in [-0.1, -0.05) is 66.7 Å². The summed E-state index contributed by atoms with van der Waals surface area (Å²) in [7, 11) is -4.15. The van der Waals surface area contributed by atoms with E-state index >= 15 is 0 Å². The molecule has 3 saturated carbocycles. The number of urea groups is 1. The molecule has 1 aliphatic heterocycles. The molecule has 13 heteroatoms. The smallest absolute Gasteiger partial charge is 0.316 e. The first-order chi connectivity index (χ1) is 21.3. The number of nitrogens with one attached hydrogen (secondary N) is 4. The zero-order valence-electron chi connectivity index (χ0n) is 27.7. The maximum Gasteiger partial charge on any atom is 0.316 e. The molecular formula is C33H47N5O7S. The van der Waals surface area contributed by atoms with E-state index in [0.717, 1.165) is 12.8 Å². The lowest BCUT2D eigenvalue weighted by molar-refractivity contribution is -0.144. The number of amides is 5. The summed E-state index contributed by atoms with van der Waals surface area (Å²) in [5.41, 5.74) is -2.36. The van der Waals surface area contributed by atoms with Crippen molar-refractivity contribution >= 4 is 39.6 Å². The number of likely N-dealkylation sites (tertiary alicyclic amines) is 1. The van der Waals surface area contributed by atoms with Crippen molar-refractivity contribution in [1.29, 1.82) is 0 Å². The maximum absolute atomic E-state index is 14.2. The highest BCUT2D eigenvalue weighted by Gasteiger charge is 2.70. The number of hydrogen-bond donors (Lipinski definition) is 4. The largest absolute Gasteiger partial charge is 0.340 e. The van der Waals surface area contributed by atoms with Crippen LogP contribution in [0.15, 0.2) is 35.2 Å². The molecule has 5 rings (SSSR count). The van der Waals surface area contributed by atoms with Crippen LogP contribution in [0.3, 0.4) is 0 Å². The van der Waals surface area contributed by atoms with Gasteiger partial charge < -0.3 is 20.9 Å². The SMILES string of the molecule is CC(C)[C@H](NC(=O)N[C@H](C(=O)N1C[C@H]2C([C@H]1C(=O)NC1(C(=O)NS(=O)(=O)c3ccccc3)CC1)C2(C)C)C(C)(C)C)C(=O)C1CC1. The second-order valence-electron chi connectivity index (χ2n) is 15.5. The standard InChI is InChI=1S/C33H47N5O7S/c1-18(2)23(25(39)19-13-14-19)34-30(43)35-26(31(3,4)5)28(41)38-17-21-22(32(21,6)7)24(38)27(40)36-33(15-16-33)29(42)37-46(44,45)20-11-9-8-10-12-20/h8-12,18-19,21-24,26H,13-17H2,1-7H3,(H,36,40)(H,37,42)(H2,34,35,43)/t21-,22?,23-,24-,26+/m0/s1. The molecule has 12 nitrogen and oxygen atoms in total. The third kappa shape index (κ3) is 6.52. The average Bonchev–Trinajstić information content (AvgIpc) is 3.92. The number of hydrogen-bond acceptors (Lipinski definition) is 7. The molecule has 5 amide bonds. The quantitative estimate of drug-likeness (QED) is 0.283. The van der Waals surface area contributed by atoms with Gasteiger partial charge in [-0.25, -0.2) is 17.9 Å². The molecule has 46 heavy (non-hydrogen) atoms. The minimum absolute atomic E-state index is 0.00278. The summed E-state index contributed by atoms with van der Waals surface area (Å²) in [6.45, 7) is 13.6. The number of piperidine rings is 1. The number of carbonyl (C=O) groups excluding carboxylic acids is 5. The molecule has 1 heterocycles. The van der Waals surface area contributed by atoms with Crippen molar-refractivity contribution in [2.24, 2.45) is 34.5 Å². The van der Waals surface area contributed by atoms with E-state index < -0.39 is 62.9 Å². The number of nitrogens with zero attached hydrogens (tertiary/aromatic N) is 1. The summed E-state index contributed by atoms with van der Waals surface area (Å²) in [6, 6.07) is 4.29. The average molecular weight is 658 g/mol. The van der Waals surface area contributed by atoms with Crippen molar-refractivity contribution in [1.82, 2.24) is 25.6 Å². The molecule has 252 valence electrons. The molecule has 4 fully saturated rings. The molecule has 3 aliphatic carbocycles. The van der Waals surface area contributed by atoms with Crippen LogP contribution in [0.2, 0.25) is 0 Å². The van der Waals surface area contributed by atoms with E-state index in [9.17, 15) is 32.4 Å². The van der Waals surface area contributed by atoms with E-state index in [1.165, 1.54) is 17.0 Å². The number of ketones is 1. The highest BCUT2D eigenvalue weighted by molar-refractivity contribution is 7.90. The maximum atomic E-state index is 14.2. The highest BCUT2D eigenvalue weighted by Crippen LogP contribution is 2.65. The topological polar surface area (TPSA) is 171 Å². The van der Waals surface area contributed by atoms with Crippen molar-refractivity contribution in [3.05, 3.63) is 30.3 Å². The van der Waals surface area contributed by atoms with Crippen LogP contribution in [0.25, 0.3) is 0 Å². The van der Waals surface area contributed by atoms with E-state index in [1.54, 1.807) is 18.2 Å². The lowest BCUT2D eigenvalue weighted by atomic mass is 9.85. The molecule has 0 spiro atoms. The van der Waals surface area contributed by atoms with Gasteiger partial charge in [0.2, 0.25) is 11.8 Å². The fraction of sp³-hybridized carbons (Fsp3) is 0.667. The second-order valence-corrected chi connectivity index (χ2v) is 17.2. The summed E-state index contributed by atoms with van der Waals surface area (Å²) < 4.78 is 27.8. The van der Waals surface area contributed by atoms with Crippen molar-refractivity contribution < 1.29 is 32.4 Å². The lowest BCUT2D eigenvalue weighted by Gasteiger charge is -2.38. The number of benzene rings is 1.